The van der Waals surface area contributed by atoms with Crippen molar-refractivity contribution in [2.24, 2.45) is 11.3 Å². The second-order valence-electron chi connectivity index (χ2n) is 12.5. The molecule has 0 radical (unpaired) electrons. The number of aliphatic carboxylic acids is 1. The fourth-order valence-corrected chi connectivity index (χ4v) is 7.18. The quantitative estimate of drug-likeness (QED) is 0.418. The summed E-state index contributed by atoms with van der Waals surface area (Å²) >= 11 is 0. The molecule has 10 heteroatoms. The Morgan fingerprint density at radius 2 is 1.66 bits per heavy atom. The largest absolute Gasteiger partial charge is 0.481 e. The third-order valence-electron chi connectivity index (χ3n) is 9.93. The normalized spacial score (nSPS) is 29.5. The van der Waals surface area contributed by atoms with Gasteiger partial charge in [0.15, 0.2) is 0 Å². The Balaban J connectivity index is 1.55. The molecule has 0 bridgehead atoms. The molecule has 3 atom stereocenters. The van der Waals surface area contributed by atoms with Gasteiger partial charge in [-0.25, -0.2) is 8.78 Å². The van der Waals surface area contributed by atoms with Gasteiger partial charge in [0.2, 0.25) is 11.6 Å². The van der Waals surface area contributed by atoms with E-state index >= 15 is 0 Å². The first-order valence-electron chi connectivity index (χ1n) is 14.0. The maximum Gasteiger partial charge on any atom is 0.426 e. The molecule has 1 aliphatic carbocycles. The van der Waals surface area contributed by atoms with Crippen LogP contribution < -0.4 is 4.90 Å². The van der Waals surface area contributed by atoms with Gasteiger partial charge in [-0.3, -0.25) is 9.59 Å². The number of likely N-dealkylation sites (N-methyl/N-ethyl adjacent to an activating group) is 1. The summed E-state index contributed by atoms with van der Waals surface area (Å²) in [5, 5.41) is 9.43. The number of carboxylic acids is 1. The molecule has 5 rings (SSSR count). The first-order chi connectivity index (χ1) is 19.1. The van der Waals surface area contributed by atoms with Crippen molar-refractivity contribution in [3.8, 4) is 0 Å². The Kier molecular flexibility index (Phi) is 7.14. The predicted molar refractivity (Wildman–Crippen MR) is 144 cm³/mol. The summed E-state index contributed by atoms with van der Waals surface area (Å²) in [6.07, 6.45) is -2.38. The van der Waals surface area contributed by atoms with Gasteiger partial charge < -0.3 is 14.9 Å². The van der Waals surface area contributed by atoms with Crippen LogP contribution in [0.2, 0.25) is 0 Å². The summed E-state index contributed by atoms with van der Waals surface area (Å²) in [4.78, 5) is 29.3. The third kappa shape index (κ3) is 4.87. The number of carbonyl (C=O) groups excluding carboxylic acids is 1. The number of anilines is 1. The second kappa shape index (κ2) is 9.98. The zero-order chi connectivity index (χ0) is 30.0. The predicted octanol–water partition coefficient (Wildman–Crippen LogP) is 6.39. The number of alkyl halides is 4. The lowest BCUT2D eigenvalue weighted by atomic mass is 9.66. The number of likely N-dealkylation sites (tertiary alicyclic amines) is 1. The average Bonchev–Trinajstić information content (AvgIpc) is 3.27. The van der Waals surface area contributed by atoms with Crippen LogP contribution in [0, 0.1) is 17.2 Å². The molecule has 41 heavy (non-hydrogen) atoms. The molecule has 1 amide bonds. The van der Waals surface area contributed by atoms with E-state index in [9.17, 15) is 36.6 Å². The summed E-state index contributed by atoms with van der Waals surface area (Å²) in [7, 11) is 1.73. The van der Waals surface area contributed by atoms with Crippen LogP contribution in [0.3, 0.4) is 0 Å². The first-order valence-corrected chi connectivity index (χ1v) is 14.0. The Bertz CT molecular complexity index is 1330. The number of carbonyl (C=O) groups is 2. The van der Waals surface area contributed by atoms with Crippen LogP contribution in [0.4, 0.5) is 27.6 Å². The SMILES string of the molecule is CN1CC2N(C(=O)C3(C)CCC(C(=O)O)CC3)CCC2(Cc2ccc(F)cc2)c2ccc(C(C)(F)C(F)(F)F)cc21. The Hall–Kier alpha value is -3.17. The number of fused-ring (bicyclic) bond motifs is 3. The topological polar surface area (TPSA) is 60.9 Å². The number of benzene rings is 2. The van der Waals surface area contributed by atoms with Gasteiger partial charge in [-0.2, -0.15) is 13.2 Å². The number of amides is 1. The molecule has 1 saturated heterocycles. The average molecular weight is 579 g/mol. The molecule has 3 aliphatic rings. The zero-order valence-electron chi connectivity index (χ0n) is 23.4. The molecule has 0 aromatic heterocycles. The highest BCUT2D eigenvalue weighted by molar-refractivity contribution is 5.84. The minimum absolute atomic E-state index is 0.0470. The summed E-state index contributed by atoms with van der Waals surface area (Å²) in [5.74, 6) is -1.75. The smallest absolute Gasteiger partial charge is 0.426 e. The molecule has 2 aromatic rings. The molecule has 5 nitrogen and oxygen atoms in total. The van der Waals surface area contributed by atoms with Gasteiger partial charge in [-0.05, 0) is 74.8 Å². The van der Waals surface area contributed by atoms with Crippen LogP contribution in [-0.4, -0.2) is 54.2 Å². The van der Waals surface area contributed by atoms with Crippen molar-refractivity contribution in [2.45, 2.75) is 75.7 Å². The van der Waals surface area contributed by atoms with E-state index in [1.54, 1.807) is 30.1 Å². The molecule has 0 spiro atoms. The molecule has 222 valence electrons. The minimum Gasteiger partial charge on any atom is -0.481 e. The van der Waals surface area contributed by atoms with Gasteiger partial charge in [0.05, 0.1) is 12.0 Å². The fraction of sp³-hybridized carbons (Fsp3) is 0.548. The molecule has 1 saturated carbocycles. The monoisotopic (exact) mass is 578 g/mol. The van der Waals surface area contributed by atoms with Crippen molar-refractivity contribution in [3.63, 3.8) is 0 Å². The number of rotatable bonds is 5. The van der Waals surface area contributed by atoms with Crippen LogP contribution in [-0.2, 0) is 27.1 Å². The molecule has 3 unspecified atom stereocenters. The van der Waals surface area contributed by atoms with Crippen molar-refractivity contribution >= 4 is 17.6 Å². The van der Waals surface area contributed by atoms with E-state index in [2.05, 4.69) is 0 Å². The summed E-state index contributed by atoms with van der Waals surface area (Å²) in [6, 6.07) is 9.75. The molecular formula is C31H35F5N2O3. The number of halogens is 5. The van der Waals surface area contributed by atoms with Crippen molar-refractivity contribution in [2.75, 3.05) is 25.0 Å². The van der Waals surface area contributed by atoms with Crippen LogP contribution >= 0.6 is 0 Å². The van der Waals surface area contributed by atoms with E-state index in [-0.39, 0.29) is 11.9 Å². The summed E-state index contributed by atoms with van der Waals surface area (Å²) in [5.41, 5.74) is -3.39. The standard InChI is InChI=1S/C31H35F5N2O3/c1-28(12-10-20(11-13-28)26(39)40)27(41)38-15-14-30(17-19-4-7-22(32)8-5-19)23-9-6-21(29(2,33)31(34,35)36)16-24(23)37(3)18-25(30)38/h4-9,16,20,25H,10-15,17-18H2,1-3H3,(H,39,40). The van der Waals surface area contributed by atoms with E-state index < -0.39 is 45.9 Å². The number of hydrogen-bond donors (Lipinski definition) is 1. The number of hydrogen-bond acceptors (Lipinski definition) is 3. The molecule has 2 fully saturated rings. The van der Waals surface area contributed by atoms with E-state index in [0.29, 0.717) is 64.2 Å². The lowest BCUT2D eigenvalue weighted by Crippen LogP contribution is -2.58. The molecule has 1 N–H and O–H groups in total. The summed E-state index contributed by atoms with van der Waals surface area (Å²) in [6.45, 7) is 3.15. The van der Waals surface area contributed by atoms with Gasteiger partial charge in [0.25, 0.3) is 0 Å². The van der Waals surface area contributed by atoms with Crippen molar-refractivity contribution < 1.29 is 36.6 Å². The highest BCUT2D eigenvalue weighted by Crippen LogP contribution is 2.53. The van der Waals surface area contributed by atoms with Gasteiger partial charge in [-0.15, -0.1) is 0 Å². The van der Waals surface area contributed by atoms with Crippen LogP contribution in [0.5, 0.6) is 0 Å². The lowest BCUT2D eigenvalue weighted by molar-refractivity contribution is -0.228. The number of carboxylic acid groups (broad SMARTS) is 1. The molecule has 2 heterocycles. The molecular weight excluding hydrogens is 543 g/mol. The summed E-state index contributed by atoms with van der Waals surface area (Å²) < 4.78 is 69.5. The highest BCUT2D eigenvalue weighted by atomic mass is 19.4. The van der Waals surface area contributed by atoms with E-state index in [0.717, 1.165) is 11.1 Å². The van der Waals surface area contributed by atoms with Crippen LogP contribution in [0.15, 0.2) is 42.5 Å². The van der Waals surface area contributed by atoms with Gasteiger partial charge in [0.1, 0.15) is 5.82 Å². The second-order valence-corrected chi connectivity index (χ2v) is 12.5. The Morgan fingerprint density at radius 3 is 2.24 bits per heavy atom. The van der Waals surface area contributed by atoms with Crippen molar-refractivity contribution in [1.29, 1.82) is 0 Å². The zero-order valence-corrected chi connectivity index (χ0v) is 23.4. The van der Waals surface area contributed by atoms with Crippen molar-refractivity contribution in [1.82, 2.24) is 4.90 Å². The van der Waals surface area contributed by atoms with E-state index in [1.165, 1.54) is 24.3 Å². The van der Waals surface area contributed by atoms with Gasteiger partial charge >= 0.3 is 12.1 Å². The van der Waals surface area contributed by atoms with Gasteiger partial charge in [0, 0.05) is 42.2 Å². The number of nitrogens with zero attached hydrogens (tertiary/aromatic N) is 2. The minimum atomic E-state index is -5.09. The molecule has 2 aliphatic heterocycles. The molecule has 2 aromatic carbocycles. The van der Waals surface area contributed by atoms with Crippen molar-refractivity contribution in [3.05, 3.63) is 65.0 Å². The maximum atomic E-state index is 15.0. The fourth-order valence-electron chi connectivity index (χ4n) is 7.18. The van der Waals surface area contributed by atoms with E-state index in [4.69, 9.17) is 0 Å². The third-order valence-corrected chi connectivity index (χ3v) is 9.93. The van der Waals surface area contributed by atoms with E-state index in [1.807, 2.05) is 11.8 Å². The van der Waals surface area contributed by atoms with Crippen LogP contribution in [0.1, 0.15) is 62.6 Å². The highest BCUT2D eigenvalue weighted by Gasteiger charge is 2.58. The van der Waals surface area contributed by atoms with Crippen LogP contribution in [0.25, 0.3) is 0 Å². The van der Waals surface area contributed by atoms with Gasteiger partial charge in [-0.1, -0.05) is 31.2 Å². The lowest BCUT2D eigenvalue weighted by Gasteiger charge is -2.49. The maximum absolute atomic E-state index is 15.0. The Labute approximate surface area is 236 Å². The Morgan fingerprint density at radius 1 is 1.02 bits per heavy atom. The first kappa shape index (κ1) is 29.3.